The summed E-state index contributed by atoms with van der Waals surface area (Å²) in [4.78, 5) is 14.2. The number of benzene rings is 1. The molecule has 0 aromatic heterocycles. The molecule has 1 N–H and O–H groups in total. The number of rotatable bonds is 6. The van der Waals surface area contributed by atoms with Crippen LogP contribution in [-0.4, -0.2) is 43.6 Å². The number of ether oxygens (including phenoxy) is 1. The number of piperidine rings is 1. The van der Waals surface area contributed by atoms with Gasteiger partial charge in [-0.15, -0.1) is 12.4 Å². The molecule has 0 aliphatic carbocycles. The fourth-order valence-electron chi connectivity index (χ4n) is 2.74. The lowest BCUT2D eigenvalue weighted by Crippen LogP contribution is -2.43. The number of carbonyl (C=O) groups excluding carboxylic acids is 1. The molecular weight excluding hydrogens is 300 g/mol. The van der Waals surface area contributed by atoms with Crippen molar-refractivity contribution in [2.24, 2.45) is 5.92 Å². The summed E-state index contributed by atoms with van der Waals surface area (Å²) in [5.41, 5.74) is 1.17. The zero-order valence-electron chi connectivity index (χ0n) is 13.5. The Morgan fingerprint density at radius 2 is 2.09 bits per heavy atom. The number of nitrogens with zero attached hydrogens (tertiary/aromatic N) is 1. The van der Waals surface area contributed by atoms with Crippen molar-refractivity contribution >= 4 is 18.3 Å². The number of nitrogens with one attached hydrogen (secondary N) is 1. The molecule has 1 fully saturated rings. The Labute approximate surface area is 139 Å². The normalized spacial score (nSPS) is 21.0. The van der Waals surface area contributed by atoms with Crippen LogP contribution in [0.3, 0.4) is 0 Å². The molecule has 0 bridgehead atoms. The van der Waals surface area contributed by atoms with Crippen LogP contribution in [0.15, 0.2) is 30.3 Å². The van der Waals surface area contributed by atoms with E-state index in [0.717, 1.165) is 19.4 Å². The van der Waals surface area contributed by atoms with Crippen molar-refractivity contribution in [3.8, 4) is 0 Å². The Kier molecular flexibility index (Phi) is 8.46. The predicted molar refractivity (Wildman–Crippen MR) is 91.2 cm³/mol. The van der Waals surface area contributed by atoms with Crippen molar-refractivity contribution < 1.29 is 9.53 Å². The van der Waals surface area contributed by atoms with Gasteiger partial charge in [0, 0.05) is 25.6 Å². The topological polar surface area (TPSA) is 41.6 Å². The first-order valence-electron chi connectivity index (χ1n) is 7.77. The largest absolute Gasteiger partial charge is 0.375 e. The second-order valence-electron chi connectivity index (χ2n) is 5.87. The second-order valence-corrected chi connectivity index (χ2v) is 5.87. The number of halogens is 1. The Bertz CT molecular complexity index is 442. The van der Waals surface area contributed by atoms with Crippen molar-refractivity contribution in [1.82, 2.24) is 10.2 Å². The number of likely N-dealkylation sites (N-methyl/N-ethyl adjacent to an activating group) is 1. The highest BCUT2D eigenvalue weighted by Crippen LogP contribution is 2.18. The summed E-state index contributed by atoms with van der Waals surface area (Å²) in [7, 11) is 1.88. The molecular formula is C17H27ClN2O2. The molecule has 0 spiro atoms. The highest BCUT2D eigenvalue weighted by molar-refractivity contribution is 5.85. The first-order chi connectivity index (χ1) is 10.2. The number of hydrogen-bond donors (Lipinski definition) is 1. The molecule has 1 aliphatic heterocycles. The lowest BCUT2D eigenvalue weighted by Gasteiger charge is -2.30. The van der Waals surface area contributed by atoms with E-state index >= 15 is 0 Å². The molecule has 5 heteroatoms. The van der Waals surface area contributed by atoms with Crippen LogP contribution in [0.25, 0.3) is 0 Å². The van der Waals surface area contributed by atoms with Crippen molar-refractivity contribution in [1.29, 1.82) is 0 Å². The minimum Gasteiger partial charge on any atom is -0.375 e. The van der Waals surface area contributed by atoms with E-state index in [1.54, 1.807) is 0 Å². The number of hydrogen-bond acceptors (Lipinski definition) is 3. The van der Waals surface area contributed by atoms with Gasteiger partial charge in [0.25, 0.3) is 0 Å². The standard InChI is InChI=1S/C17H26N2O2.ClH/c1-14-12-16(8-9-18-14)17(20)19(2)10-11-21-13-15-6-4-3-5-7-15;/h3-7,14,16,18H,8-13H2,1-2H3;1H/t14-,16-;/m0./s1. The van der Waals surface area contributed by atoms with Crippen LogP contribution < -0.4 is 5.32 Å². The summed E-state index contributed by atoms with van der Waals surface area (Å²) >= 11 is 0. The van der Waals surface area contributed by atoms with Crippen LogP contribution in [-0.2, 0) is 16.1 Å². The Balaban J connectivity index is 0.00000242. The van der Waals surface area contributed by atoms with Gasteiger partial charge in [0.1, 0.15) is 0 Å². The average Bonchev–Trinajstić information content (AvgIpc) is 2.51. The van der Waals surface area contributed by atoms with E-state index in [1.165, 1.54) is 5.56 Å². The Morgan fingerprint density at radius 3 is 2.77 bits per heavy atom. The molecule has 0 saturated carbocycles. The number of carbonyl (C=O) groups is 1. The van der Waals surface area contributed by atoms with Gasteiger partial charge in [0.2, 0.25) is 5.91 Å². The average molecular weight is 327 g/mol. The highest BCUT2D eigenvalue weighted by atomic mass is 35.5. The molecule has 1 aromatic carbocycles. The third-order valence-electron chi connectivity index (χ3n) is 4.03. The van der Waals surface area contributed by atoms with Crippen LogP contribution in [0.2, 0.25) is 0 Å². The van der Waals surface area contributed by atoms with E-state index in [1.807, 2.05) is 42.3 Å². The van der Waals surface area contributed by atoms with E-state index in [0.29, 0.717) is 25.8 Å². The second kappa shape index (κ2) is 9.82. The quantitative estimate of drug-likeness (QED) is 0.817. The van der Waals surface area contributed by atoms with Gasteiger partial charge in [-0.1, -0.05) is 30.3 Å². The van der Waals surface area contributed by atoms with Gasteiger partial charge in [0.15, 0.2) is 0 Å². The van der Waals surface area contributed by atoms with Crippen molar-refractivity contribution in [2.75, 3.05) is 26.7 Å². The van der Waals surface area contributed by atoms with Crippen molar-refractivity contribution in [3.05, 3.63) is 35.9 Å². The maximum atomic E-state index is 12.4. The van der Waals surface area contributed by atoms with Crippen LogP contribution in [0.4, 0.5) is 0 Å². The third-order valence-corrected chi connectivity index (χ3v) is 4.03. The van der Waals surface area contributed by atoms with Crippen molar-refractivity contribution in [2.45, 2.75) is 32.4 Å². The van der Waals surface area contributed by atoms with Crippen LogP contribution in [0.5, 0.6) is 0 Å². The molecule has 0 unspecified atom stereocenters. The minimum atomic E-state index is 0. The summed E-state index contributed by atoms with van der Waals surface area (Å²) in [6.45, 7) is 4.92. The van der Waals surface area contributed by atoms with Gasteiger partial charge in [-0.3, -0.25) is 4.79 Å². The monoisotopic (exact) mass is 326 g/mol. The van der Waals surface area contributed by atoms with E-state index in [4.69, 9.17) is 4.74 Å². The maximum Gasteiger partial charge on any atom is 0.225 e. The van der Waals surface area contributed by atoms with E-state index in [-0.39, 0.29) is 24.2 Å². The Morgan fingerprint density at radius 1 is 1.36 bits per heavy atom. The van der Waals surface area contributed by atoms with Gasteiger partial charge >= 0.3 is 0 Å². The first-order valence-corrected chi connectivity index (χ1v) is 7.77. The SMILES string of the molecule is C[C@H]1C[C@@H](C(=O)N(C)CCOCc2ccccc2)CCN1.Cl. The third kappa shape index (κ3) is 5.95. The van der Waals surface area contributed by atoms with E-state index in [9.17, 15) is 4.79 Å². The fraction of sp³-hybridized carbons (Fsp3) is 0.588. The first kappa shape index (κ1) is 18.9. The van der Waals surface area contributed by atoms with Gasteiger partial charge in [0.05, 0.1) is 13.2 Å². The molecule has 1 saturated heterocycles. The van der Waals surface area contributed by atoms with Crippen LogP contribution >= 0.6 is 12.4 Å². The molecule has 4 nitrogen and oxygen atoms in total. The van der Waals surface area contributed by atoms with Crippen LogP contribution in [0, 0.1) is 5.92 Å². The number of amides is 1. The summed E-state index contributed by atoms with van der Waals surface area (Å²) in [5, 5.41) is 3.38. The molecule has 1 aromatic rings. The van der Waals surface area contributed by atoms with Gasteiger partial charge < -0.3 is 15.0 Å². The molecule has 22 heavy (non-hydrogen) atoms. The zero-order chi connectivity index (χ0) is 15.1. The van der Waals surface area contributed by atoms with Gasteiger partial charge in [-0.05, 0) is 31.9 Å². The minimum absolute atomic E-state index is 0. The smallest absolute Gasteiger partial charge is 0.225 e. The molecule has 1 aliphatic rings. The molecule has 124 valence electrons. The summed E-state index contributed by atoms with van der Waals surface area (Å²) < 4.78 is 5.64. The maximum absolute atomic E-state index is 12.4. The summed E-state index contributed by atoms with van der Waals surface area (Å²) in [6.07, 6.45) is 1.88. The van der Waals surface area contributed by atoms with Crippen LogP contribution in [0.1, 0.15) is 25.3 Å². The van der Waals surface area contributed by atoms with E-state index in [2.05, 4.69) is 12.2 Å². The molecule has 2 rings (SSSR count). The predicted octanol–water partition coefficient (Wildman–Crippen LogP) is 2.47. The summed E-state index contributed by atoms with van der Waals surface area (Å²) in [5.74, 6) is 0.423. The zero-order valence-corrected chi connectivity index (χ0v) is 14.3. The van der Waals surface area contributed by atoms with Gasteiger partial charge in [-0.25, -0.2) is 0 Å². The lowest BCUT2D eigenvalue weighted by atomic mass is 9.92. The molecule has 2 atom stereocenters. The Hall–Kier alpha value is -1.10. The fourth-order valence-corrected chi connectivity index (χ4v) is 2.74. The lowest BCUT2D eigenvalue weighted by molar-refractivity contribution is -0.136. The van der Waals surface area contributed by atoms with Crippen molar-refractivity contribution in [3.63, 3.8) is 0 Å². The molecule has 1 heterocycles. The van der Waals surface area contributed by atoms with E-state index < -0.39 is 0 Å². The molecule has 0 radical (unpaired) electrons. The summed E-state index contributed by atoms with van der Waals surface area (Å²) in [6, 6.07) is 10.5. The highest BCUT2D eigenvalue weighted by Gasteiger charge is 2.26. The van der Waals surface area contributed by atoms with Gasteiger partial charge in [-0.2, -0.15) is 0 Å². The molecule has 1 amide bonds.